The number of benzene rings is 1. The van der Waals surface area contributed by atoms with Crippen LogP contribution in [0.15, 0.2) is 35.3 Å². The molecule has 1 aromatic rings. The summed E-state index contributed by atoms with van der Waals surface area (Å²) in [6.45, 7) is 2.18. The van der Waals surface area contributed by atoms with Gasteiger partial charge in [0.15, 0.2) is 0 Å². The summed E-state index contributed by atoms with van der Waals surface area (Å²) in [5, 5.41) is 0. The number of aryl methyl sites for hydroxylation is 1. The van der Waals surface area contributed by atoms with Crippen molar-refractivity contribution in [2.75, 3.05) is 0 Å². The molecule has 1 nitrogen and oxygen atoms in total. The number of nitrogens with two attached hydrogens (primary N) is 1. The van der Waals surface area contributed by atoms with Crippen molar-refractivity contribution >= 4 is 19.4 Å². The molecule has 0 aliphatic heterocycles. The molecule has 86 valence electrons. The van der Waals surface area contributed by atoms with Gasteiger partial charge in [-0.05, 0) is 0 Å². The van der Waals surface area contributed by atoms with Crippen molar-refractivity contribution in [1.29, 1.82) is 0 Å². The molecule has 0 saturated heterocycles. The van der Waals surface area contributed by atoms with Crippen molar-refractivity contribution in [3.05, 3.63) is 40.9 Å². The molecule has 0 bridgehead atoms. The van der Waals surface area contributed by atoms with Gasteiger partial charge in [0.1, 0.15) is 0 Å². The predicted octanol–water partition coefficient (Wildman–Crippen LogP) is 2.11. The fraction of sp³-hybridized carbons (Fsp3) is 0.429. The van der Waals surface area contributed by atoms with Crippen molar-refractivity contribution in [3.8, 4) is 0 Å². The van der Waals surface area contributed by atoms with Crippen molar-refractivity contribution in [2.45, 2.75) is 38.1 Å². The van der Waals surface area contributed by atoms with Gasteiger partial charge in [-0.2, -0.15) is 0 Å². The zero-order valence-electron chi connectivity index (χ0n) is 9.78. The summed E-state index contributed by atoms with van der Waals surface area (Å²) in [5.74, 6) is 0. The van der Waals surface area contributed by atoms with E-state index in [0.717, 1.165) is 12.8 Å². The summed E-state index contributed by atoms with van der Waals surface area (Å²) >= 11 is 0.431. The molecule has 1 saturated carbocycles. The molecule has 16 heavy (non-hydrogen) atoms. The normalized spacial score (nSPS) is 19.4. The fourth-order valence-electron chi connectivity index (χ4n) is 2.13. The van der Waals surface area contributed by atoms with Crippen LogP contribution >= 0.6 is 0 Å². The topological polar surface area (TPSA) is 26.0 Å². The van der Waals surface area contributed by atoms with Gasteiger partial charge >= 0.3 is 104 Å². The molecule has 0 amide bonds. The SMILES string of the molecule is Cc1ccccc1[Se]/C=C/C1(N)CCCC1. The second-order valence-corrected chi connectivity index (χ2v) is 6.61. The average Bonchev–Trinajstić information content (AvgIpc) is 2.68. The molecule has 0 heterocycles. The molecular weight excluding hydrogens is 261 g/mol. The number of hydrogen-bond acceptors (Lipinski definition) is 1. The summed E-state index contributed by atoms with van der Waals surface area (Å²) in [6, 6.07) is 8.61. The van der Waals surface area contributed by atoms with Gasteiger partial charge in [-0.25, -0.2) is 0 Å². The van der Waals surface area contributed by atoms with Crippen LogP contribution in [0.25, 0.3) is 0 Å². The molecule has 1 aliphatic carbocycles. The Kier molecular flexibility index (Phi) is 3.86. The molecule has 1 aliphatic rings. The van der Waals surface area contributed by atoms with E-state index in [2.05, 4.69) is 42.2 Å². The van der Waals surface area contributed by atoms with Crippen molar-refractivity contribution in [2.24, 2.45) is 5.73 Å². The maximum atomic E-state index is 6.28. The first kappa shape index (κ1) is 11.9. The predicted molar refractivity (Wildman–Crippen MR) is 71.1 cm³/mol. The Morgan fingerprint density at radius 2 is 1.94 bits per heavy atom. The Bertz CT molecular complexity index is 378. The summed E-state index contributed by atoms with van der Waals surface area (Å²) in [7, 11) is 0. The summed E-state index contributed by atoms with van der Waals surface area (Å²) in [4.78, 5) is 2.31. The van der Waals surface area contributed by atoms with E-state index in [0.29, 0.717) is 15.0 Å². The summed E-state index contributed by atoms with van der Waals surface area (Å²) in [6.07, 6.45) is 7.16. The third-order valence-corrected chi connectivity index (χ3v) is 5.29. The van der Waals surface area contributed by atoms with Crippen LogP contribution in [0.1, 0.15) is 31.2 Å². The quantitative estimate of drug-likeness (QED) is 0.843. The molecule has 1 aromatic carbocycles. The third kappa shape index (κ3) is 2.97. The Morgan fingerprint density at radius 1 is 1.25 bits per heavy atom. The minimum atomic E-state index is 0.00440. The van der Waals surface area contributed by atoms with Crippen LogP contribution in [0, 0.1) is 6.92 Å². The zero-order chi connectivity index (χ0) is 11.4. The molecule has 0 unspecified atom stereocenters. The molecule has 0 spiro atoms. The maximum absolute atomic E-state index is 6.28. The van der Waals surface area contributed by atoms with Crippen molar-refractivity contribution < 1.29 is 0 Å². The van der Waals surface area contributed by atoms with Crippen LogP contribution in [0.2, 0.25) is 0 Å². The Hall–Kier alpha value is -0.561. The van der Waals surface area contributed by atoms with Crippen LogP contribution in [0.5, 0.6) is 0 Å². The average molecular weight is 280 g/mol. The summed E-state index contributed by atoms with van der Waals surface area (Å²) in [5.41, 5.74) is 7.68. The van der Waals surface area contributed by atoms with E-state index < -0.39 is 0 Å². The van der Waals surface area contributed by atoms with E-state index in [1.807, 2.05) is 0 Å². The number of rotatable bonds is 3. The van der Waals surface area contributed by atoms with Gasteiger partial charge in [0.2, 0.25) is 0 Å². The van der Waals surface area contributed by atoms with Crippen molar-refractivity contribution in [3.63, 3.8) is 0 Å². The van der Waals surface area contributed by atoms with E-state index in [1.165, 1.54) is 22.9 Å². The molecule has 2 rings (SSSR count). The van der Waals surface area contributed by atoms with E-state index in [1.54, 1.807) is 0 Å². The second-order valence-electron chi connectivity index (χ2n) is 4.63. The summed E-state index contributed by atoms with van der Waals surface area (Å²) < 4.78 is 1.47. The fourth-order valence-corrected chi connectivity index (χ4v) is 4.01. The standard InChI is InChI=1S/C14H19NSe/c1-12-6-2-3-7-13(12)16-11-10-14(15)8-4-5-9-14/h2-3,6-7,10-11H,4-5,8-9,15H2,1H3/b11-10+. The van der Waals surface area contributed by atoms with E-state index >= 15 is 0 Å². The van der Waals surface area contributed by atoms with Gasteiger partial charge in [0, 0.05) is 0 Å². The van der Waals surface area contributed by atoms with Crippen LogP contribution < -0.4 is 10.2 Å². The molecule has 1 fully saturated rings. The van der Waals surface area contributed by atoms with Gasteiger partial charge in [0.05, 0.1) is 0 Å². The Labute approximate surface area is 104 Å². The Balaban J connectivity index is 1.97. The molecule has 0 atom stereocenters. The van der Waals surface area contributed by atoms with Gasteiger partial charge in [-0.1, -0.05) is 0 Å². The van der Waals surface area contributed by atoms with Gasteiger partial charge < -0.3 is 0 Å². The zero-order valence-corrected chi connectivity index (χ0v) is 11.5. The first-order chi connectivity index (χ1) is 7.70. The van der Waals surface area contributed by atoms with Gasteiger partial charge in [0.25, 0.3) is 0 Å². The molecule has 0 aromatic heterocycles. The minimum absolute atomic E-state index is 0.00440. The molecule has 2 N–H and O–H groups in total. The second kappa shape index (κ2) is 5.18. The molecular formula is C14H19NSe. The van der Waals surface area contributed by atoms with Crippen LogP contribution in [-0.4, -0.2) is 20.5 Å². The third-order valence-electron chi connectivity index (χ3n) is 3.22. The van der Waals surface area contributed by atoms with E-state index in [4.69, 9.17) is 5.73 Å². The van der Waals surface area contributed by atoms with Crippen LogP contribution in [-0.2, 0) is 0 Å². The van der Waals surface area contributed by atoms with E-state index in [-0.39, 0.29) is 5.54 Å². The van der Waals surface area contributed by atoms with Gasteiger partial charge in [-0.15, -0.1) is 0 Å². The van der Waals surface area contributed by atoms with Crippen molar-refractivity contribution in [1.82, 2.24) is 0 Å². The Morgan fingerprint density at radius 3 is 2.62 bits per heavy atom. The molecule has 0 radical (unpaired) electrons. The van der Waals surface area contributed by atoms with Crippen LogP contribution in [0.3, 0.4) is 0 Å². The first-order valence-electron chi connectivity index (χ1n) is 5.88. The molecule has 2 heteroatoms. The van der Waals surface area contributed by atoms with E-state index in [9.17, 15) is 0 Å². The van der Waals surface area contributed by atoms with Gasteiger partial charge in [-0.3, -0.25) is 0 Å². The van der Waals surface area contributed by atoms with Crippen LogP contribution in [0.4, 0.5) is 0 Å². The number of hydrogen-bond donors (Lipinski definition) is 1. The first-order valence-corrected chi connectivity index (χ1v) is 7.73. The monoisotopic (exact) mass is 281 g/mol.